The normalized spacial score (nSPS) is 23.0. The summed E-state index contributed by atoms with van der Waals surface area (Å²) in [6, 6.07) is 0. The molecule has 7 nitrogen and oxygen atoms in total. The smallest absolute Gasteiger partial charge is 0.279 e. The molecule has 0 saturated carbocycles. The molecule has 20 heavy (non-hydrogen) atoms. The lowest BCUT2D eigenvalue weighted by atomic mass is 10.1. The molecule has 0 spiro atoms. The summed E-state index contributed by atoms with van der Waals surface area (Å²) in [5.74, 6) is 0. The summed E-state index contributed by atoms with van der Waals surface area (Å²) in [5, 5.41) is 3.29. The van der Waals surface area contributed by atoms with E-state index < -0.39 is 10.2 Å². The van der Waals surface area contributed by atoms with Crippen LogP contribution in [0.15, 0.2) is 0 Å². The molecule has 118 valence electrons. The van der Waals surface area contributed by atoms with Crippen LogP contribution in [0.3, 0.4) is 0 Å². The molecule has 0 aromatic carbocycles. The number of hydrogen-bond acceptors (Lipinski definition) is 5. The predicted molar refractivity (Wildman–Crippen MR) is 75.8 cm³/mol. The van der Waals surface area contributed by atoms with E-state index in [9.17, 15) is 8.42 Å². The molecular formula is C12H25N3O4S. The number of rotatable bonds is 7. The highest BCUT2D eigenvalue weighted by Gasteiger charge is 2.23. The summed E-state index contributed by atoms with van der Waals surface area (Å²) in [4.78, 5) is 0. The van der Waals surface area contributed by atoms with Gasteiger partial charge in [0.1, 0.15) is 0 Å². The first-order valence-corrected chi connectivity index (χ1v) is 8.77. The molecule has 8 heteroatoms. The lowest BCUT2D eigenvalue weighted by Crippen LogP contribution is -2.46. The molecule has 2 N–H and O–H groups in total. The lowest BCUT2D eigenvalue weighted by Gasteiger charge is -2.26. The first kappa shape index (κ1) is 16.1. The third kappa shape index (κ3) is 5.27. The van der Waals surface area contributed by atoms with E-state index in [0.29, 0.717) is 52.0 Å². The van der Waals surface area contributed by atoms with Crippen LogP contribution in [-0.2, 0) is 19.7 Å². The van der Waals surface area contributed by atoms with Crippen LogP contribution in [0, 0.1) is 0 Å². The van der Waals surface area contributed by atoms with E-state index >= 15 is 0 Å². The van der Waals surface area contributed by atoms with E-state index in [1.807, 2.05) is 0 Å². The zero-order valence-corrected chi connectivity index (χ0v) is 12.7. The number of hydrogen-bond donors (Lipinski definition) is 2. The Labute approximate surface area is 121 Å². The van der Waals surface area contributed by atoms with Crippen LogP contribution in [0.5, 0.6) is 0 Å². The summed E-state index contributed by atoms with van der Waals surface area (Å²) >= 11 is 0. The monoisotopic (exact) mass is 307 g/mol. The molecular weight excluding hydrogens is 282 g/mol. The number of nitrogens with one attached hydrogen (secondary N) is 2. The van der Waals surface area contributed by atoms with Crippen molar-refractivity contribution in [1.82, 2.24) is 14.3 Å². The Morgan fingerprint density at radius 3 is 2.65 bits per heavy atom. The van der Waals surface area contributed by atoms with Gasteiger partial charge in [-0.1, -0.05) is 0 Å². The predicted octanol–water partition coefficient (Wildman–Crippen LogP) is -0.688. The van der Waals surface area contributed by atoms with E-state index in [-0.39, 0.29) is 0 Å². The Hall–Kier alpha value is -0.250. The second-order valence-corrected chi connectivity index (χ2v) is 6.84. The number of piperidine rings is 1. The van der Waals surface area contributed by atoms with Gasteiger partial charge < -0.3 is 14.8 Å². The molecule has 0 atom stereocenters. The molecule has 2 aliphatic rings. The SMILES string of the molecule is O=S(=O)(NCCCOC1CCNCC1)N1CCOCC1. The maximum absolute atomic E-state index is 12.0. The summed E-state index contributed by atoms with van der Waals surface area (Å²) in [7, 11) is -3.35. The Kier molecular flexibility index (Phi) is 6.66. The fourth-order valence-corrected chi connectivity index (χ4v) is 3.58. The molecule has 0 amide bonds. The minimum atomic E-state index is -3.35. The molecule has 2 heterocycles. The Morgan fingerprint density at radius 2 is 1.95 bits per heavy atom. The van der Waals surface area contributed by atoms with Gasteiger partial charge in [-0.05, 0) is 32.4 Å². The third-order valence-corrected chi connectivity index (χ3v) is 5.17. The van der Waals surface area contributed by atoms with Crippen molar-refractivity contribution in [2.24, 2.45) is 0 Å². The van der Waals surface area contributed by atoms with Crippen molar-refractivity contribution < 1.29 is 17.9 Å². The van der Waals surface area contributed by atoms with Crippen LogP contribution < -0.4 is 10.0 Å². The van der Waals surface area contributed by atoms with E-state index in [1.54, 1.807) is 0 Å². The highest BCUT2D eigenvalue weighted by Crippen LogP contribution is 2.07. The molecule has 0 unspecified atom stereocenters. The van der Waals surface area contributed by atoms with Gasteiger partial charge in [0.15, 0.2) is 0 Å². The fraction of sp³-hybridized carbons (Fsp3) is 1.00. The van der Waals surface area contributed by atoms with Gasteiger partial charge in [0, 0.05) is 26.2 Å². The van der Waals surface area contributed by atoms with Crippen molar-refractivity contribution in [3.63, 3.8) is 0 Å². The Balaban J connectivity index is 1.57. The molecule has 2 rings (SSSR count). The van der Waals surface area contributed by atoms with Crippen molar-refractivity contribution >= 4 is 10.2 Å². The molecule has 2 aliphatic heterocycles. The fourth-order valence-electron chi connectivity index (χ4n) is 2.36. The van der Waals surface area contributed by atoms with E-state index in [4.69, 9.17) is 9.47 Å². The van der Waals surface area contributed by atoms with Crippen LogP contribution in [0.25, 0.3) is 0 Å². The first-order valence-electron chi connectivity index (χ1n) is 7.33. The van der Waals surface area contributed by atoms with E-state index in [2.05, 4.69) is 10.0 Å². The quantitative estimate of drug-likeness (QED) is 0.609. The van der Waals surface area contributed by atoms with Gasteiger partial charge in [0.2, 0.25) is 0 Å². The van der Waals surface area contributed by atoms with Crippen LogP contribution in [-0.4, -0.2) is 71.4 Å². The minimum absolute atomic E-state index is 0.326. The molecule has 0 aromatic rings. The van der Waals surface area contributed by atoms with Gasteiger partial charge in [-0.15, -0.1) is 0 Å². The molecule has 0 bridgehead atoms. The van der Waals surface area contributed by atoms with Gasteiger partial charge in [-0.2, -0.15) is 12.7 Å². The largest absolute Gasteiger partial charge is 0.379 e. The van der Waals surface area contributed by atoms with Gasteiger partial charge in [0.05, 0.1) is 19.3 Å². The second kappa shape index (κ2) is 8.26. The average Bonchev–Trinajstić information content (AvgIpc) is 2.49. The number of ether oxygens (including phenoxy) is 2. The maximum atomic E-state index is 12.0. The summed E-state index contributed by atoms with van der Waals surface area (Å²) < 4.78 is 38.9. The van der Waals surface area contributed by atoms with Crippen LogP contribution in [0.2, 0.25) is 0 Å². The van der Waals surface area contributed by atoms with Crippen molar-refractivity contribution in [2.45, 2.75) is 25.4 Å². The van der Waals surface area contributed by atoms with Crippen molar-refractivity contribution in [3.05, 3.63) is 0 Å². The average molecular weight is 307 g/mol. The van der Waals surface area contributed by atoms with Crippen LogP contribution in [0.4, 0.5) is 0 Å². The first-order chi connectivity index (χ1) is 9.68. The summed E-state index contributed by atoms with van der Waals surface area (Å²) in [5.41, 5.74) is 0. The van der Waals surface area contributed by atoms with Gasteiger partial charge in [-0.25, -0.2) is 4.72 Å². The van der Waals surface area contributed by atoms with Gasteiger partial charge >= 0.3 is 0 Å². The summed E-state index contributed by atoms with van der Waals surface area (Å²) in [6.07, 6.45) is 3.11. The molecule has 0 aromatic heterocycles. The molecule has 0 radical (unpaired) electrons. The van der Waals surface area contributed by atoms with Crippen molar-refractivity contribution in [3.8, 4) is 0 Å². The number of nitrogens with zero attached hydrogens (tertiary/aromatic N) is 1. The van der Waals surface area contributed by atoms with Crippen LogP contribution >= 0.6 is 0 Å². The zero-order valence-electron chi connectivity index (χ0n) is 11.8. The topological polar surface area (TPSA) is 79.9 Å². The molecule has 2 fully saturated rings. The number of morpholine rings is 1. The third-order valence-electron chi connectivity index (χ3n) is 3.56. The Bertz CT molecular complexity index is 365. The highest BCUT2D eigenvalue weighted by molar-refractivity contribution is 7.87. The van der Waals surface area contributed by atoms with E-state index in [0.717, 1.165) is 25.9 Å². The minimum Gasteiger partial charge on any atom is -0.379 e. The zero-order chi connectivity index (χ0) is 14.3. The highest BCUT2D eigenvalue weighted by atomic mass is 32.2. The standard InChI is InChI=1S/C12H25N3O4S/c16-20(17,15-7-10-18-11-8-15)14-4-1-9-19-12-2-5-13-6-3-12/h12-14H,1-11H2. The van der Waals surface area contributed by atoms with Crippen molar-refractivity contribution in [1.29, 1.82) is 0 Å². The molecule has 2 saturated heterocycles. The molecule has 0 aliphatic carbocycles. The maximum Gasteiger partial charge on any atom is 0.279 e. The van der Waals surface area contributed by atoms with Gasteiger partial charge in [-0.3, -0.25) is 0 Å². The van der Waals surface area contributed by atoms with Crippen molar-refractivity contribution in [2.75, 3.05) is 52.5 Å². The summed E-state index contributed by atoms with van der Waals surface area (Å²) in [6.45, 7) is 4.85. The van der Waals surface area contributed by atoms with Crippen LogP contribution in [0.1, 0.15) is 19.3 Å². The van der Waals surface area contributed by atoms with Gasteiger partial charge in [0.25, 0.3) is 10.2 Å². The van der Waals surface area contributed by atoms with E-state index in [1.165, 1.54) is 4.31 Å². The Morgan fingerprint density at radius 1 is 1.25 bits per heavy atom. The second-order valence-electron chi connectivity index (χ2n) is 5.08. The lowest BCUT2D eigenvalue weighted by molar-refractivity contribution is 0.0321.